The molecule has 152 valence electrons. The maximum Gasteiger partial charge on any atom is 0.234 e. The maximum absolute atomic E-state index is 12.5. The monoisotopic (exact) mass is 452 g/mol. The summed E-state index contributed by atoms with van der Waals surface area (Å²) in [7, 11) is 0. The van der Waals surface area contributed by atoms with E-state index in [1.54, 1.807) is 23.1 Å². The fourth-order valence-corrected chi connectivity index (χ4v) is 4.87. The molecule has 8 heteroatoms. The van der Waals surface area contributed by atoms with Crippen LogP contribution in [0.2, 0.25) is 0 Å². The van der Waals surface area contributed by atoms with Gasteiger partial charge in [-0.1, -0.05) is 42.1 Å². The maximum atomic E-state index is 12.5. The molecule has 4 aromatic rings. The number of carbonyl (C=O) groups is 1. The van der Waals surface area contributed by atoms with Gasteiger partial charge in [-0.2, -0.15) is 0 Å². The van der Waals surface area contributed by atoms with Crippen molar-refractivity contribution in [2.24, 2.45) is 0 Å². The molecule has 2 aromatic carbocycles. The third-order valence-electron chi connectivity index (χ3n) is 4.31. The van der Waals surface area contributed by atoms with Gasteiger partial charge < -0.3 is 5.32 Å². The molecule has 0 unspecified atom stereocenters. The molecule has 1 amide bonds. The molecule has 0 spiro atoms. The number of hydrogen-bond acceptors (Lipinski definition) is 6. The van der Waals surface area contributed by atoms with Gasteiger partial charge in [-0.3, -0.25) is 9.36 Å². The van der Waals surface area contributed by atoms with Crippen molar-refractivity contribution >= 4 is 46.5 Å². The first-order valence-electron chi connectivity index (χ1n) is 9.32. The Bertz CT molecular complexity index is 1110. The first-order valence-corrected chi connectivity index (χ1v) is 12.4. The molecule has 0 saturated heterocycles. The highest BCUT2D eigenvalue weighted by Crippen LogP contribution is 2.25. The van der Waals surface area contributed by atoms with E-state index in [1.807, 2.05) is 71.5 Å². The van der Waals surface area contributed by atoms with Crippen LogP contribution in [0, 0.1) is 0 Å². The zero-order valence-electron chi connectivity index (χ0n) is 16.3. The van der Waals surface area contributed by atoms with Gasteiger partial charge in [0.05, 0.1) is 5.75 Å². The molecule has 4 rings (SSSR count). The second-order valence-electron chi connectivity index (χ2n) is 6.39. The summed E-state index contributed by atoms with van der Waals surface area (Å²) in [6, 6.07) is 22.0. The molecule has 0 saturated carbocycles. The molecule has 1 N–H and O–H groups in total. The third-order valence-corrected chi connectivity index (χ3v) is 6.84. The lowest BCUT2D eigenvalue weighted by atomic mass is 10.3. The van der Waals surface area contributed by atoms with Crippen molar-refractivity contribution < 1.29 is 4.79 Å². The van der Waals surface area contributed by atoms with Crippen LogP contribution in [0.3, 0.4) is 0 Å². The summed E-state index contributed by atoms with van der Waals surface area (Å²) in [5.74, 6) is 1.05. The normalized spacial score (nSPS) is 10.8. The number of thioether (sulfide) groups is 2. The van der Waals surface area contributed by atoms with Crippen LogP contribution in [0.4, 0.5) is 5.69 Å². The molecule has 0 aliphatic rings. The third kappa shape index (κ3) is 5.13. The average molecular weight is 453 g/mol. The minimum Gasteiger partial charge on any atom is -0.325 e. The van der Waals surface area contributed by atoms with Crippen LogP contribution in [0.5, 0.6) is 0 Å². The van der Waals surface area contributed by atoms with Gasteiger partial charge in [0, 0.05) is 27.6 Å². The Morgan fingerprint density at radius 1 is 1.07 bits per heavy atom. The molecule has 5 nitrogen and oxygen atoms in total. The zero-order valence-corrected chi connectivity index (χ0v) is 18.8. The smallest absolute Gasteiger partial charge is 0.234 e. The Balaban J connectivity index is 1.50. The van der Waals surface area contributed by atoms with Crippen molar-refractivity contribution in [2.75, 3.05) is 17.3 Å². The topological polar surface area (TPSA) is 59.8 Å². The molecule has 2 heterocycles. The van der Waals surface area contributed by atoms with Gasteiger partial charge in [0.15, 0.2) is 5.16 Å². The van der Waals surface area contributed by atoms with E-state index < -0.39 is 0 Å². The van der Waals surface area contributed by atoms with Gasteiger partial charge >= 0.3 is 0 Å². The highest BCUT2D eigenvalue weighted by Gasteiger charge is 2.16. The number of thiophene rings is 1. The zero-order chi connectivity index (χ0) is 20.8. The fourth-order valence-electron chi connectivity index (χ4n) is 2.94. The Morgan fingerprint density at radius 3 is 2.70 bits per heavy atom. The van der Waals surface area contributed by atoms with Crippen molar-refractivity contribution in [3.8, 4) is 5.69 Å². The summed E-state index contributed by atoms with van der Waals surface area (Å²) in [5, 5.41) is 14.5. The van der Waals surface area contributed by atoms with E-state index in [4.69, 9.17) is 0 Å². The molecular formula is C22H20N4OS3. The Labute approximate surface area is 187 Å². The van der Waals surface area contributed by atoms with Gasteiger partial charge in [0.25, 0.3) is 0 Å². The molecule has 0 fully saturated rings. The number of rotatable bonds is 8. The van der Waals surface area contributed by atoms with Crippen LogP contribution < -0.4 is 5.32 Å². The fraction of sp³-hybridized carbons (Fsp3) is 0.136. The van der Waals surface area contributed by atoms with E-state index in [0.29, 0.717) is 11.6 Å². The number of nitrogens with one attached hydrogen (secondary N) is 1. The minimum atomic E-state index is -0.0688. The predicted octanol–water partition coefficient (Wildman–Crippen LogP) is 5.37. The second-order valence-corrected chi connectivity index (χ2v) is 9.25. The number of aromatic nitrogens is 3. The van der Waals surface area contributed by atoms with Crippen LogP contribution in [-0.2, 0) is 11.2 Å². The quantitative estimate of drug-likeness (QED) is 0.364. The van der Waals surface area contributed by atoms with Crippen molar-refractivity contribution in [3.63, 3.8) is 0 Å². The number of anilines is 1. The predicted molar refractivity (Wildman–Crippen MR) is 126 cm³/mol. The van der Waals surface area contributed by atoms with E-state index in [-0.39, 0.29) is 11.7 Å². The van der Waals surface area contributed by atoms with Gasteiger partial charge in [-0.25, -0.2) is 0 Å². The highest BCUT2D eigenvalue weighted by atomic mass is 32.2. The van der Waals surface area contributed by atoms with Crippen LogP contribution >= 0.6 is 34.9 Å². The van der Waals surface area contributed by atoms with E-state index in [9.17, 15) is 4.79 Å². The number of benzene rings is 2. The second kappa shape index (κ2) is 9.97. The van der Waals surface area contributed by atoms with Crippen molar-refractivity contribution in [1.82, 2.24) is 14.8 Å². The number of para-hydroxylation sites is 1. The highest BCUT2D eigenvalue weighted by molar-refractivity contribution is 7.99. The van der Waals surface area contributed by atoms with Crippen LogP contribution in [0.15, 0.2) is 82.2 Å². The number of hydrogen-bond donors (Lipinski definition) is 1. The number of amides is 1. The number of nitrogens with zero attached hydrogens (tertiary/aromatic N) is 3. The summed E-state index contributed by atoms with van der Waals surface area (Å²) >= 11 is 4.73. The van der Waals surface area contributed by atoms with Crippen LogP contribution in [0.1, 0.15) is 10.7 Å². The number of carbonyl (C=O) groups excluding carboxylic acids is 1. The molecule has 2 aromatic heterocycles. The molecule has 0 atom stereocenters. The van der Waals surface area contributed by atoms with Gasteiger partial charge in [-0.15, -0.1) is 33.3 Å². The standard InChI is InChI=1S/C22H20N4OS3/c1-28-18-10-5-7-16(13-18)23-21(27)15-30-22-25-24-20(14-19-11-6-12-29-19)26(22)17-8-3-2-4-9-17/h2-13H,14-15H2,1H3,(H,23,27). The SMILES string of the molecule is CSc1cccc(NC(=O)CSc2nnc(Cc3cccs3)n2-c2ccccc2)c1. The molecule has 0 aliphatic heterocycles. The van der Waals surface area contributed by atoms with Gasteiger partial charge in [-0.05, 0) is 48.0 Å². The summed E-state index contributed by atoms with van der Waals surface area (Å²) in [5.41, 5.74) is 1.79. The summed E-state index contributed by atoms with van der Waals surface area (Å²) in [6.07, 6.45) is 2.72. The van der Waals surface area contributed by atoms with Gasteiger partial charge in [0.2, 0.25) is 5.91 Å². The van der Waals surface area contributed by atoms with Crippen LogP contribution in [-0.4, -0.2) is 32.7 Å². The molecule has 0 radical (unpaired) electrons. The summed E-state index contributed by atoms with van der Waals surface area (Å²) < 4.78 is 2.03. The lowest BCUT2D eigenvalue weighted by Crippen LogP contribution is -2.14. The lowest BCUT2D eigenvalue weighted by Gasteiger charge is -2.10. The summed E-state index contributed by atoms with van der Waals surface area (Å²) in [6.45, 7) is 0. The Hall–Kier alpha value is -2.55. The minimum absolute atomic E-state index is 0.0688. The average Bonchev–Trinajstić information content (AvgIpc) is 3.43. The van der Waals surface area contributed by atoms with E-state index >= 15 is 0 Å². The van der Waals surface area contributed by atoms with E-state index in [1.165, 1.54) is 16.6 Å². The first kappa shape index (κ1) is 20.7. The molecular weight excluding hydrogens is 432 g/mol. The van der Waals surface area contributed by atoms with Gasteiger partial charge in [0.1, 0.15) is 5.82 Å². The lowest BCUT2D eigenvalue weighted by molar-refractivity contribution is -0.113. The largest absolute Gasteiger partial charge is 0.325 e. The van der Waals surface area contributed by atoms with E-state index in [2.05, 4.69) is 27.0 Å². The molecule has 0 aliphatic carbocycles. The first-order chi connectivity index (χ1) is 14.7. The van der Waals surface area contributed by atoms with Crippen molar-refractivity contribution in [2.45, 2.75) is 16.5 Å². The Morgan fingerprint density at radius 2 is 1.93 bits per heavy atom. The Kier molecular flexibility index (Phi) is 6.88. The van der Waals surface area contributed by atoms with Crippen molar-refractivity contribution in [3.05, 3.63) is 82.8 Å². The molecule has 0 bridgehead atoms. The van der Waals surface area contributed by atoms with E-state index in [0.717, 1.165) is 22.1 Å². The summed E-state index contributed by atoms with van der Waals surface area (Å²) in [4.78, 5) is 14.8. The van der Waals surface area contributed by atoms with Crippen LogP contribution in [0.25, 0.3) is 5.69 Å². The molecule has 30 heavy (non-hydrogen) atoms. The van der Waals surface area contributed by atoms with Crippen molar-refractivity contribution in [1.29, 1.82) is 0 Å².